The summed E-state index contributed by atoms with van der Waals surface area (Å²) >= 11 is 3.49. The largest absolute Gasteiger partial charge is 0.496 e. The molecule has 0 N–H and O–H groups in total. The zero-order chi connectivity index (χ0) is 11.5. The standard InChI is InChI=1S/C11H14BrO2S/c1-14-11-7-5-4-6-9(11)10(13)8-15(2,3)12/h4-8H,1-3H3. The summed E-state index contributed by atoms with van der Waals surface area (Å²) in [5.41, 5.74) is 0.611. The highest BCUT2D eigenvalue weighted by molar-refractivity contribution is 9.57. The number of carbonyl (C=O) groups is 1. The van der Waals surface area contributed by atoms with E-state index in [4.69, 9.17) is 4.74 Å². The number of rotatable bonds is 3. The van der Waals surface area contributed by atoms with Gasteiger partial charge in [-0.15, -0.1) is 0 Å². The van der Waals surface area contributed by atoms with Crippen LogP contribution in [0.3, 0.4) is 0 Å². The summed E-state index contributed by atoms with van der Waals surface area (Å²) in [5.74, 6) is 0.624. The highest BCUT2D eigenvalue weighted by Crippen LogP contribution is 2.35. The Bertz CT molecular complexity index is 412. The van der Waals surface area contributed by atoms with Crippen molar-refractivity contribution < 1.29 is 9.53 Å². The molecule has 0 saturated heterocycles. The summed E-state index contributed by atoms with van der Waals surface area (Å²) in [7, 11) is 0.454. The molecule has 1 radical (unpaired) electrons. The van der Waals surface area contributed by atoms with E-state index >= 15 is 0 Å². The van der Waals surface area contributed by atoms with Crippen molar-refractivity contribution in [3.05, 3.63) is 29.8 Å². The van der Waals surface area contributed by atoms with Crippen molar-refractivity contribution in [3.63, 3.8) is 0 Å². The first-order valence-corrected chi connectivity index (χ1v) is 8.74. The number of hydrogen-bond acceptors (Lipinski definition) is 2. The van der Waals surface area contributed by atoms with Gasteiger partial charge in [0, 0.05) is 5.37 Å². The van der Waals surface area contributed by atoms with E-state index in [-0.39, 0.29) is 5.78 Å². The molecule has 0 fully saturated rings. The maximum Gasteiger partial charge on any atom is 0.195 e. The Kier molecular flexibility index (Phi) is 4.11. The Hall–Kier alpha value is -0.610. The SMILES string of the molecule is COc1ccccc1C(=O)C=[S](C)(C)Br. The summed E-state index contributed by atoms with van der Waals surface area (Å²) in [6.07, 6.45) is 4.00. The van der Waals surface area contributed by atoms with Crippen LogP contribution in [0.1, 0.15) is 10.4 Å². The number of ketones is 1. The molecule has 0 unspecified atom stereocenters. The molecular weight excluding hydrogens is 276 g/mol. The fourth-order valence-corrected chi connectivity index (χ4v) is 2.31. The summed E-state index contributed by atoms with van der Waals surface area (Å²) in [5, 5.41) is 1.71. The maximum absolute atomic E-state index is 11.9. The summed E-state index contributed by atoms with van der Waals surface area (Å²) < 4.78 is 5.13. The Morgan fingerprint density at radius 1 is 1.40 bits per heavy atom. The smallest absolute Gasteiger partial charge is 0.195 e. The van der Waals surface area contributed by atoms with Gasteiger partial charge in [-0.25, -0.2) is 0 Å². The molecule has 0 aliphatic carbocycles. The molecule has 0 amide bonds. The minimum absolute atomic E-state index is 0.00400. The van der Waals surface area contributed by atoms with Crippen LogP contribution in [0.4, 0.5) is 0 Å². The lowest BCUT2D eigenvalue weighted by Gasteiger charge is -2.09. The van der Waals surface area contributed by atoms with Gasteiger partial charge in [-0.3, -0.25) is 4.79 Å². The van der Waals surface area contributed by atoms with E-state index in [1.165, 1.54) is 0 Å². The first kappa shape index (κ1) is 12.5. The molecule has 0 aromatic heterocycles. The van der Waals surface area contributed by atoms with Crippen molar-refractivity contribution in [1.82, 2.24) is 0 Å². The number of halogens is 1. The van der Waals surface area contributed by atoms with Crippen LogP contribution in [-0.4, -0.2) is 30.8 Å². The second kappa shape index (κ2) is 4.94. The molecule has 4 heteroatoms. The lowest BCUT2D eigenvalue weighted by atomic mass is 10.1. The van der Waals surface area contributed by atoms with Crippen LogP contribution in [0.15, 0.2) is 24.3 Å². The molecule has 0 atom stereocenters. The summed E-state index contributed by atoms with van der Waals surface area (Å²) in [6, 6.07) is 7.25. The number of carbonyl (C=O) groups excluding carboxylic acids is 1. The summed E-state index contributed by atoms with van der Waals surface area (Å²) in [6.45, 7) is 0. The van der Waals surface area contributed by atoms with Crippen molar-refractivity contribution in [1.29, 1.82) is 0 Å². The fraction of sp³-hybridized carbons (Fsp3) is 0.273. The van der Waals surface area contributed by atoms with Crippen molar-refractivity contribution >= 4 is 34.0 Å². The monoisotopic (exact) mass is 289 g/mol. The summed E-state index contributed by atoms with van der Waals surface area (Å²) in [4.78, 5) is 11.9. The average Bonchev–Trinajstić information content (AvgIpc) is 2.15. The highest BCUT2D eigenvalue weighted by atomic mass is 79.9. The Morgan fingerprint density at radius 3 is 2.53 bits per heavy atom. The lowest BCUT2D eigenvalue weighted by molar-refractivity contribution is 0.107. The highest BCUT2D eigenvalue weighted by Gasteiger charge is 2.10. The lowest BCUT2D eigenvalue weighted by Crippen LogP contribution is -2.04. The van der Waals surface area contributed by atoms with E-state index in [0.29, 0.717) is 11.3 Å². The minimum Gasteiger partial charge on any atom is -0.496 e. The van der Waals surface area contributed by atoms with Gasteiger partial charge in [-0.2, -0.15) is 8.05 Å². The van der Waals surface area contributed by atoms with Gasteiger partial charge in [0.05, 0.1) is 12.7 Å². The molecule has 2 nitrogen and oxygen atoms in total. The third-order valence-corrected chi connectivity index (χ3v) is 3.10. The molecule has 1 aromatic rings. The predicted octanol–water partition coefficient (Wildman–Crippen LogP) is 3.05. The molecule has 0 bridgehead atoms. The topological polar surface area (TPSA) is 26.3 Å². The van der Waals surface area contributed by atoms with E-state index in [0.717, 1.165) is 0 Å². The molecule has 0 spiro atoms. The normalized spacial score (nSPS) is 10.9. The molecule has 0 aliphatic rings. The molecule has 1 aromatic carbocycles. The number of Topliss-reactive ketones (excluding diaryl/α,β-unsaturated/α-hetero) is 1. The van der Waals surface area contributed by atoms with Crippen molar-refractivity contribution in [2.24, 2.45) is 0 Å². The third kappa shape index (κ3) is 3.80. The first-order chi connectivity index (χ1) is 6.94. The van der Waals surface area contributed by atoms with Crippen LogP contribution in [-0.2, 0) is 0 Å². The van der Waals surface area contributed by atoms with Gasteiger partial charge in [-0.05, 0) is 39.5 Å². The van der Waals surface area contributed by atoms with Crippen LogP contribution in [0.5, 0.6) is 5.75 Å². The zero-order valence-corrected chi connectivity index (χ0v) is 11.4. The number of para-hydroxylation sites is 1. The van der Waals surface area contributed by atoms with E-state index in [1.54, 1.807) is 24.6 Å². The van der Waals surface area contributed by atoms with E-state index in [2.05, 4.69) is 14.8 Å². The number of hydrogen-bond donors (Lipinski definition) is 0. The van der Waals surface area contributed by atoms with E-state index < -0.39 is 8.05 Å². The van der Waals surface area contributed by atoms with Crippen LogP contribution in [0.2, 0.25) is 0 Å². The second-order valence-corrected chi connectivity index (χ2v) is 11.3. The van der Waals surface area contributed by atoms with E-state index in [1.807, 2.05) is 24.6 Å². The second-order valence-electron chi connectivity index (χ2n) is 3.46. The molecular formula is C11H14BrO2S. The fourth-order valence-electron chi connectivity index (χ4n) is 1.17. The molecule has 15 heavy (non-hydrogen) atoms. The molecule has 83 valence electrons. The van der Waals surface area contributed by atoms with Gasteiger partial charge in [0.2, 0.25) is 0 Å². The molecule has 0 aliphatic heterocycles. The molecule has 0 saturated carbocycles. The Balaban J connectivity index is 3.12. The van der Waals surface area contributed by atoms with Gasteiger partial charge in [0.25, 0.3) is 0 Å². The molecule has 0 heterocycles. The van der Waals surface area contributed by atoms with Crippen molar-refractivity contribution in [2.75, 3.05) is 19.6 Å². The zero-order valence-electron chi connectivity index (χ0n) is 8.99. The van der Waals surface area contributed by atoms with Crippen LogP contribution < -0.4 is 4.74 Å². The quantitative estimate of drug-likeness (QED) is 0.632. The third-order valence-electron chi connectivity index (χ3n) is 1.76. The predicted molar refractivity (Wildman–Crippen MR) is 71.8 cm³/mol. The van der Waals surface area contributed by atoms with Gasteiger partial charge >= 0.3 is 0 Å². The number of benzene rings is 1. The average molecular weight is 290 g/mol. The molecule has 1 rings (SSSR count). The van der Waals surface area contributed by atoms with Gasteiger partial charge in [-0.1, -0.05) is 12.1 Å². The number of ether oxygens (including phenoxy) is 1. The van der Waals surface area contributed by atoms with Gasteiger partial charge in [0.15, 0.2) is 5.78 Å². The van der Waals surface area contributed by atoms with Crippen LogP contribution in [0, 0.1) is 0 Å². The van der Waals surface area contributed by atoms with Gasteiger partial charge in [0.1, 0.15) is 5.75 Å². The van der Waals surface area contributed by atoms with Crippen molar-refractivity contribution in [2.45, 2.75) is 0 Å². The van der Waals surface area contributed by atoms with Crippen LogP contribution in [0.25, 0.3) is 0 Å². The minimum atomic E-state index is -1.11. The van der Waals surface area contributed by atoms with Crippen LogP contribution >= 0.6 is 22.9 Å². The first-order valence-electron chi connectivity index (χ1n) is 4.39. The Labute approximate surface area is 98.7 Å². The number of methoxy groups -OCH3 is 1. The van der Waals surface area contributed by atoms with Crippen molar-refractivity contribution in [3.8, 4) is 5.75 Å². The maximum atomic E-state index is 11.9. The Morgan fingerprint density at radius 2 is 2.00 bits per heavy atom. The van der Waals surface area contributed by atoms with Gasteiger partial charge < -0.3 is 4.74 Å². The van der Waals surface area contributed by atoms with E-state index in [9.17, 15) is 4.79 Å².